The first-order chi connectivity index (χ1) is 5.34. The fourth-order valence-electron chi connectivity index (χ4n) is 0.649. The van der Waals surface area contributed by atoms with E-state index in [0.717, 1.165) is 0 Å². The zero-order chi connectivity index (χ0) is 8.10. The van der Waals surface area contributed by atoms with Crippen molar-refractivity contribution in [2.45, 2.75) is 5.03 Å². The monoisotopic (exact) mass is 187 g/mol. The Labute approximate surface area is 72.9 Å². The number of hydrogen-bond donors (Lipinski definition) is 0. The highest BCUT2D eigenvalue weighted by Gasteiger charge is 2.01. The van der Waals surface area contributed by atoms with E-state index in [9.17, 15) is 4.21 Å². The summed E-state index contributed by atoms with van der Waals surface area (Å²) in [5, 5.41) is 1.29. The van der Waals surface area contributed by atoms with Crippen molar-refractivity contribution in [3.63, 3.8) is 0 Å². The first-order valence-electron chi connectivity index (χ1n) is 3.13. The second kappa shape index (κ2) is 4.51. The molecule has 11 heavy (non-hydrogen) atoms. The van der Waals surface area contributed by atoms with E-state index in [1.165, 1.54) is 0 Å². The Bertz CT molecular complexity index is 237. The van der Waals surface area contributed by atoms with E-state index in [0.29, 0.717) is 10.1 Å². The molecule has 0 saturated carbocycles. The Morgan fingerprint density at radius 1 is 1.64 bits per heavy atom. The van der Waals surface area contributed by atoms with Gasteiger partial charge in [-0.15, -0.1) is 0 Å². The van der Waals surface area contributed by atoms with Crippen LogP contribution in [0.3, 0.4) is 0 Å². The van der Waals surface area contributed by atoms with Crippen LogP contribution in [0.5, 0.6) is 0 Å². The minimum atomic E-state index is -0.932. The molecule has 0 amide bonds. The van der Waals surface area contributed by atoms with Gasteiger partial charge in [-0.2, -0.15) is 11.8 Å². The highest BCUT2D eigenvalue weighted by Crippen LogP contribution is 2.05. The molecule has 0 spiro atoms. The van der Waals surface area contributed by atoms with E-state index in [1.807, 2.05) is 18.4 Å². The molecule has 4 heteroatoms. The second-order valence-corrected chi connectivity index (χ2v) is 4.55. The van der Waals surface area contributed by atoms with Gasteiger partial charge in [-0.25, -0.2) is 4.98 Å². The van der Waals surface area contributed by atoms with Crippen molar-refractivity contribution in [1.82, 2.24) is 4.98 Å². The summed E-state index contributed by atoms with van der Waals surface area (Å²) in [6.07, 6.45) is 3.59. The van der Waals surface area contributed by atoms with Crippen LogP contribution in [0.25, 0.3) is 0 Å². The Morgan fingerprint density at radius 3 is 3.00 bits per heavy atom. The number of nitrogens with zero attached hydrogens (tertiary/aromatic N) is 1. The zero-order valence-corrected chi connectivity index (χ0v) is 7.82. The summed E-state index contributed by atoms with van der Waals surface area (Å²) in [4.78, 5) is 3.98. The average molecular weight is 187 g/mol. The van der Waals surface area contributed by atoms with Crippen molar-refractivity contribution in [2.24, 2.45) is 0 Å². The lowest BCUT2D eigenvalue weighted by atomic mass is 10.5. The van der Waals surface area contributed by atoms with Gasteiger partial charge in [0.05, 0.1) is 15.9 Å². The largest absolute Gasteiger partial charge is 0.252 e. The molecule has 0 unspecified atom stereocenters. The zero-order valence-electron chi connectivity index (χ0n) is 6.19. The van der Waals surface area contributed by atoms with E-state index in [-0.39, 0.29) is 0 Å². The molecule has 1 rings (SSSR count). The molecule has 1 atom stereocenters. The predicted octanol–water partition coefficient (Wildman–Crippen LogP) is 1.51. The number of hydrogen-bond acceptors (Lipinski definition) is 3. The highest BCUT2D eigenvalue weighted by atomic mass is 32.2. The molecule has 0 aliphatic rings. The molecule has 0 bridgehead atoms. The van der Waals surface area contributed by atoms with Crippen LogP contribution in [-0.4, -0.2) is 20.5 Å². The summed E-state index contributed by atoms with van der Waals surface area (Å²) in [7, 11) is -0.932. The molecule has 1 heterocycles. The third kappa shape index (κ3) is 2.63. The maximum absolute atomic E-state index is 11.3. The highest BCUT2D eigenvalue weighted by molar-refractivity contribution is 8.09. The Morgan fingerprint density at radius 2 is 2.45 bits per heavy atom. The fourth-order valence-corrected chi connectivity index (χ4v) is 2.40. The number of thioether (sulfide) groups is 1. The van der Waals surface area contributed by atoms with Crippen LogP contribution in [-0.2, 0) is 10.8 Å². The first kappa shape index (κ1) is 8.74. The van der Waals surface area contributed by atoms with Gasteiger partial charge < -0.3 is 0 Å². The smallest absolute Gasteiger partial charge is 0.128 e. The molecule has 60 valence electrons. The minimum Gasteiger partial charge on any atom is -0.252 e. The predicted molar refractivity (Wildman–Crippen MR) is 49.0 cm³/mol. The third-order valence-electron chi connectivity index (χ3n) is 1.10. The molecule has 1 aromatic rings. The van der Waals surface area contributed by atoms with Crippen LogP contribution in [0.15, 0.2) is 29.4 Å². The summed E-state index contributed by atoms with van der Waals surface area (Å²) in [6.45, 7) is 0. The van der Waals surface area contributed by atoms with Crippen molar-refractivity contribution < 1.29 is 4.21 Å². The average Bonchev–Trinajstić information content (AvgIpc) is 2.07. The number of rotatable bonds is 3. The molecule has 0 fully saturated rings. The van der Waals surface area contributed by atoms with Gasteiger partial charge in [0.15, 0.2) is 0 Å². The Balaban J connectivity index is 2.69. The van der Waals surface area contributed by atoms with E-state index < -0.39 is 10.8 Å². The quantitative estimate of drug-likeness (QED) is 0.718. The minimum absolute atomic E-state index is 0.622. The summed E-state index contributed by atoms with van der Waals surface area (Å²) in [5.41, 5.74) is 0. The van der Waals surface area contributed by atoms with Gasteiger partial charge in [-0.1, -0.05) is 6.07 Å². The van der Waals surface area contributed by atoms with Crippen LogP contribution in [0, 0.1) is 0 Å². The topological polar surface area (TPSA) is 30.0 Å². The summed E-state index contributed by atoms with van der Waals surface area (Å²) < 4.78 is 11.3. The SMILES string of the molecule is CSC[S@@](=O)c1ccccn1. The van der Waals surface area contributed by atoms with Gasteiger partial charge in [0.2, 0.25) is 0 Å². The first-order valence-corrected chi connectivity index (χ1v) is 5.84. The van der Waals surface area contributed by atoms with E-state index in [4.69, 9.17) is 0 Å². The van der Waals surface area contributed by atoms with Gasteiger partial charge in [0.1, 0.15) is 5.03 Å². The van der Waals surface area contributed by atoms with Crippen LogP contribution in [0.4, 0.5) is 0 Å². The van der Waals surface area contributed by atoms with E-state index in [2.05, 4.69) is 4.98 Å². The van der Waals surface area contributed by atoms with Crippen LogP contribution in [0.2, 0.25) is 0 Å². The molecule has 1 aromatic heterocycles. The second-order valence-electron chi connectivity index (χ2n) is 1.92. The molecule has 0 aliphatic carbocycles. The molecular formula is C7H9NOS2. The summed E-state index contributed by atoms with van der Waals surface area (Å²) in [6, 6.07) is 5.45. The third-order valence-corrected chi connectivity index (χ3v) is 3.60. The molecule has 2 nitrogen and oxygen atoms in total. The lowest BCUT2D eigenvalue weighted by Gasteiger charge is -1.96. The van der Waals surface area contributed by atoms with Gasteiger partial charge in [0.25, 0.3) is 0 Å². The molecule has 0 aliphatic heterocycles. The van der Waals surface area contributed by atoms with Crippen LogP contribution >= 0.6 is 11.8 Å². The Hall–Kier alpha value is -0.350. The Kier molecular flexibility index (Phi) is 3.59. The lowest BCUT2D eigenvalue weighted by Crippen LogP contribution is -1.95. The van der Waals surface area contributed by atoms with Gasteiger partial charge in [-0.3, -0.25) is 4.21 Å². The van der Waals surface area contributed by atoms with Gasteiger partial charge >= 0.3 is 0 Å². The standard InChI is InChI=1S/C7H9NOS2/c1-10-6-11(9)7-4-2-3-5-8-7/h2-5H,6H2,1H3/t11-/m1/s1. The maximum Gasteiger partial charge on any atom is 0.128 e. The van der Waals surface area contributed by atoms with Crippen molar-refractivity contribution in [1.29, 1.82) is 0 Å². The normalized spacial score (nSPS) is 12.8. The van der Waals surface area contributed by atoms with Crippen molar-refractivity contribution >= 4 is 22.6 Å². The molecule has 0 N–H and O–H groups in total. The van der Waals surface area contributed by atoms with E-state index >= 15 is 0 Å². The molecule has 0 aromatic carbocycles. The van der Waals surface area contributed by atoms with Crippen molar-refractivity contribution in [2.75, 3.05) is 11.3 Å². The number of aromatic nitrogens is 1. The van der Waals surface area contributed by atoms with Crippen LogP contribution in [0.1, 0.15) is 0 Å². The molecular weight excluding hydrogens is 178 g/mol. The van der Waals surface area contributed by atoms with Crippen molar-refractivity contribution in [3.05, 3.63) is 24.4 Å². The maximum atomic E-state index is 11.3. The van der Waals surface area contributed by atoms with Gasteiger partial charge in [-0.05, 0) is 18.4 Å². The van der Waals surface area contributed by atoms with Gasteiger partial charge in [0, 0.05) is 6.20 Å². The number of pyridine rings is 1. The van der Waals surface area contributed by atoms with E-state index in [1.54, 1.807) is 24.0 Å². The molecule has 0 saturated heterocycles. The lowest BCUT2D eigenvalue weighted by molar-refractivity contribution is 0.683. The summed E-state index contributed by atoms with van der Waals surface area (Å²) >= 11 is 1.56. The van der Waals surface area contributed by atoms with Crippen molar-refractivity contribution in [3.8, 4) is 0 Å². The van der Waals surface area contributed by atoms with Crippen LogP contribution < -0.4 is 0 Å². The summed E-state index contributed by atoms with van der Waals surface area (Å²) in [5.74, 6) is 0. The fraction of sp³-hybridized carbons (Fsp3) is 0.286. The molecule has 0 radical (unpaired) electrons.